The molecule has 4 heteroatoms. The summed E-state index contributed by atoms with van der Waals surface area (Å²) in [7, 11) is 1.92. The molecule has 21 heavy (non-hydrogen) atoms. The molecular weight excluding hydrogens is 284 g/mol. The highest BCUT2D eigenvalue weighted by Crippen LogP contribution is 2.27. The van der Waals surface area contributed by atoms with Crippen LogP contribution in [-0.2, 0) is 13.5 Å². The van der Waals surface area contributed by atoms with Crippen molar-refractivity contribution in [1.29, 1.82) is 0 Å². The number of para-hydroxylation sites is 1. The predicted molar refractivity (Wildman–Crippen MR) is 85.6 cm³/mol. The third-order valence-electron chi connectivity index (χ3n) is 3.82. The van der Waals surface area contributed by atoms with E-state index in [1.807, 2.05) is 61.1 Å². The van der Waals surface area contributed by atoms with Gasteiger partial charge in [-0.2, -0.15) is 5.10 Å². The van der Waals surface area contributed by atoms with Gasteiger partial charge in [-0.25, -0.2) is 0 Å². The van der Waals surface area contributed by atoms with Gasteiger partial charge in [-0.15, -0.1) is 0 Å². The molecule has 3 rings (SSSR count). The van der Waals surface area contributed by atoms with Gasteiger partial charge in [0.2, 0.25) is 0 Å². The number of aliphatic hydroxyl groups is 1. The van der Waals surface area contributed by atoms with Gasteiger partial charge in [0.05, 0.1) is 17.3 Å². The molecule has 1 N–H and O–H groups in total. The maximum absolute atomic E-state index is 10.5. The molecule has 3 aromatic rings. The Kier molecular flexibility index (Phi) is 3.70. The molecule has 2 aromatic carbocycles. The zero-order valence-corrected chi connectivity index (χ0v) is 12.8. The van der Waals surface area contributed by atoms with Crippen LogP contribution in [0.4, 0.5) is 0 Å². The molecule has 0 aliphatic heterocycles. The highest BCUT2D eigenvalue weighted by atomic mass is 35.5. The lowest BCUT2D eigenvalue weighted by atomic mass is 9.99. The fourth-order valence-electron chi connectivity index (χ4n) is 2.70. The lowest BCUT2D eigenvalue weighted by Gasteiger charge is -2.13. The van der Waals surface area contributed by atoms with E-state index in [0.717, 1.165) is 27.7 Å². The second kappa shape index (κ2) is 5.51. The summed E-state index contributed by atoms with van der Waals surface area (Å²) in [6.45, 7) is 1.98. The van der Waals surface area contributed by atoms with Crippen LogP contribution < -0.4 is 0 Å². The van der Waals surface area contributed by atoms with Crippen molar-refractivity contribution < 1.29 is 5.11 Å². The normalized spacial score (nSPS) is 12.8. The Morgan fingerprint density at radius 2 is 2.00 bits per heavy atom. The zero-order chi connectivity index (χ0) is 15.0. The van der Waals surface area contributed by atoms with E-state index in [9.17, 15) is 5.11 Å². The van der Waals surface area contributed by atoms with Crippen molar-refractivity contribution in [3.63, 3.8) is 0 Å². The number of aliphatic hydroxyl groups excluding tert-OH is 1. The van der Waals surface area contributed by atoms with E-state index < -0.39 is 6.10 Å². The lowest BCUT2D eigenvalue weighted by molar-refractivity contribution is 0.176. The monoisotopic (exact) mass is 300 g/mol. The first-order valence-corrected chi connectivity index (χ1v) is 7.29. The van der Waals surface area contributed by atoms with Crippen LogP contribution in [0.25, 0.3) is 10.9 Å². The van der Waals surface area contributed by atoms with Crippen LogP contribution in [0, 0.1) is 6.92 Å². The van der Waals surface area contributed by atoms with E-state index in [1.165, 1.54) is 0 Å². The van der Waals surface area contributed by atoms with E-state index in [-0.39, 0.29) is 0 Å². The highest BCUT2D eigenvalue weighted by molar-refractivity contribution is 6.30. The lowest BCUT2D eigenvalue weighted by Crippen LogP contribution is -2.05. The molecule has 108 valence electrons. The minimum absolute atomic E-state index is 0.475. The molecule has 1 unspecified atom stereocenters. The number of aromatic nitrogens is 2. The van der Waals surface area contributed by atoms with Gasteiger partial charge in [0.25, 0.3) is 0 Å². The van der Waals surface area contributed by atoms with Gasteiger partial charge in [-0.3, -0.25) is 4.68 Å². The highest BCUT2D eigenvalue weighted by Gasteiger charge is 2.16. The molecule has 0 aliphatic rings. The molecule has 1 aromatic heterocycles. The summed E-state index contributed by atoms with van der Waals surface area (Å²) in [6, 6.07) is 13.6. The van der Waals surface area contributed by atoms with Crippen LogP contribution >= 0.6 is 11.6 Å². The predicted octanol–water partition coefficient (Wildman–Crippen LogP) is 3.81. The van der Waals surface area contributed by atoms with Crippen LogP contribution in [-0.4, -0.2) is 14.9 Å². The Morgan fingerprint density at radius 1 is 1.24 bits per heavy atom. The minimum atomic E-state index is -0.609. The summed E-state index contributed by atoms with van der Waals surface area (Å²) >= 11 is 6.03. The fourth-order valence-corrected chi connectivity index (χ4v) is 2.88. The molecule has 0 aliphatic carbocycles. The molecule has 1 heterocycles. The molecule has 3 nitrogen and oxygen atoms in total. The fraction of sp³-hybridized carbons (Fsp3) is 0.235. The summed E-state index contributed by atoms with van der Waals surface area (Å²) in [4.78, 5) is 0. The molecule has 0 fully saturated rings. The second-order valence-electron chi connectivity index (χ2n) is 5.31. The van der Waals surface area contributed by atoms with Crippen molar-refractivity contribution in [1.82, 2.24) is 9.78 Å². The van der Waals surface area contributed by atoms with Gasteiger partial charge in [0.15, 0.2) is 0 Å². The first kappa shape index (κ1) is 14.1. The molecule has 0 amide bonds. The van der Waals surface area contributed by atoms with E-state index in [2.05, 4.69) is 5.10 Å². The first-order valence-electron chi connectivity index (χ1n) is 6.91. The quantitative estimate of drug-likeness (QED) is 0.798. The number of halogens is 1. The third kappa shape index (κ3) is 2.67. The number of hydrogen-bond acceptors (Lipinski definition) is 2. The number of aryl methyl sites for hydroxylation is 2. The molecule has 0 spiro atoms. The van der Waals surface area contributed by atoms with Crippen LogP contribution in [0.1, 0.15) is 22.9 Å². The van der Waals surface area contributed by atoms with Gasteiger partial charge < -0.3 is 5.11 Å². The summed E-state index contributed by atoms with van der Waals surface area (Å²) in [5, 5.41) is 16.8. The minimum Gasteiger partial charge on any atom is -0.388 e. The Labute approximate surface area is 128 Å². The topological polar surface area (TPSA) is 38.1 Å². The van der Waals surface area contributed by atoms with E-state index in [4.69, 9.17) is 11.6 Å². The van der Waals surface area contributed by atoms with E-state index in [0.29, 0.717) is 11.4 Å². The van der Waals surface area contributed by atoms with Gasteiger partial charge in [0, 0.05) is 23.9 Å². The van der Waals surface area contributed by atoms with Gasteiger partial charge in [0.1, 0.15) is 0 Å². The van der Waals surface area contributed by atoms with Crippen LogP contribution in [0.15, 0.2) is 42.5 Å². The summed E-state index contributed by atoms with van der Waals surface area (Å²) < 4.78 is 1.85. The molecule has 1 atom stereocenters. The Balaban J connectivity index is 1.96. The number of fused-ring (bicyclic) bond motifs is 1. The van der Waals surface area contributed by atoms with E-state index >= 15 is 0 Å². The largest absolute Gasteiger partial charge is 0.388 e. The summed E-state index contributed by atoms with van der Waals surface area (Å²) in [5.41, 5.74) is 3.87. The van der Waals surface area contributed by atoms with Crippen LogP contribution in [0.2, 0.25) is 5.02 Å². The summed E-state index contributed by atoms with van der Waals surface area (Å²) in [6.07, 6.45) is -0.135. The van der Waals surface area contributed by atoms with Gasteiger partial charge in [-0.1, -0.05) is 35.9 Å². The van der Waals surface area contributed by atoms with E-state index in [1.54, 1.807) is 0 Å². The Bertz CT molecular complexity index is 795. The average molecular weight is 301 g/mol. The molecule has 0 radical (unpaired) electrons. The number of rotatable bonds is 3. The van der Waals surface area contributed by atoms with Crippen molar-refractivity contribution >= 4 is 22.5 Å². The number of hydrogen-bond donors (Lipinski definition) is 1. The molecule has 0 saturated heterocycles. The van der Waals surface area contributed by atoms with Crippen molar-refractivity contribution in [2.24, 2.45) is 7.05 Å². The Morgan fingerprint density at radius 3 is 2.81 bits per heavy atom. The smallest absolute Gasteiger partial charge is 0.0849 e. The Hall–Kier alpha value is -1.84. The first-order chi connectivity index (χ1) is 10.1. The van der Waals surface area contributed by atoms with Crippen LogP contribution in [0.3, 0.4) is 0 Å². The maximum atomic E-state index is 10.5. The number of benzene rings is 2. The van der Waals surface area contributed by atoms with Crippen molar-refractivity contribution in [2.45, 2.75) is 19.4 Å². The standard InChI is InChI=1S/C17H17ClN2O/c1-11-7-8-12(18)9-14(11)17(21)10-15-13-5-3-4-6-16(13)20(2)19-15/h3-9,17,21H,10H2,1-2H3. The second-order valence-corrected chi connectivity index (χ2v) is 5.74. The molecular formula is C17H17ClN2O. The van der Waals surface area contributed by atoms with Gasteiger partial charge in [-0.05, 0) is 36.2 Å². The molecule has 0 saturated carbocycles. The SMILES string of the molecule is Cc1ccc(Cl)cc1C(O)Cc1nn(C)c2ccccc12. The van der Waals surface area contributed by atoms with Crippen LogP contribution in [0.5, 0.6) is 0 Å². The van der Waals surface area contributed by atoms with Crippen molar-refractivity contribution in [3.05, 3.63) is 64.3 Å². The zero-order valence-electron chi connectivity index (χ0n) is 12.0. The maximum Gasteiger partial charge on any atom is 0.0849 e. The third-order valence-corrected chi connectivity index (χ3v) is 4.06. The van der Waals surface area contributed by atoms with Gasteiger partial charge >= 0.3 is 0 Å². The van der Waals surface area contributed by atoms with Crippen molar-refractivity contribution in [2.75, 3.05) is 0 Å². The number of nitrogens with zero attached hydrogens (tertiary/aromatic N) is 2. The summed E-state index contributed by atoms with van der Waals surface area (Å²) in [5.74, 6) is 0. The average Bonchev–Trinajstić information content (AvgIpc) is 2.78. The van der Waals surface area contributed by atoms with Crippen molar-refractivity contribution in [3.8, 4) is 0 Å². The molecule has 0 bridgehead atoms.